The minimum Gasteiger partial charge on any atom is -0.345 e. The molecule has 0 aliphatic rings. The van der Waals surface area contributed by atoms with Crippen LogP contribution in [-0.2, 0) is 6.54 Å². The van der Waals surface area contributed by atoms with E-state index >= 15 is 0 Å². The van der Waals surface area contributed by atoms with Gasteiger partial charge in [-0.1, -0.05) is 18.2 Å². The van der Waals surface area contributed by atoms with Crippen LogP contribution in [0.25, 0.3) is 0 Å². The van der Waals surface area contributed by atoms with Crippen LogP contribution in [0, 0.1) is 11.3 Å². The van der Waals surface area contributed by atoms with Crippen molar-refractivity contribution < 1.29 is 4.79 Å². The van der Waals surface area contributed by atoms with Crippen LogP contribution in [0.3, 0.4) is 0 Å². The molecule has 0 unspecified atom stereocenters. The number of carbonyl (C=O) groups is 1. The summed E-state index contributed by atoms with van der Waals surface area (Å²) in [6.07, 6.45) is 4.48. The fourth-order valence-electron chi connectivity index (χ4n) is 1.96. The van der Waals surface area contributed by atoms with Crippen molar-refractivity contribution in [1.82, 2.24) is 4.57 Å². The van der Waals surface area contributed by atoms with E-state index in [9.17, 15) is 4.79 Å². The molecule has 0 N–H and O–H groups in total. The molecule has 94 valence electrons. The topological polar surface area (TPSA) is 45.8 Å². The van der Waals surface area contributed by atoms with Crippen LogP contribution >= 0.6 is 0 Å². The Bertz CT molecular complexity index is 647. The highest BCUT2D eigenvalue weighted by Crippen LogP contribution is 2.15. The SMILES string of the molecule is C=CCCn1cccc1C(=O)c1ccccc1C#N. The van der Waals surface area contributed by atoms with Crippen molar-refractivity contribution in [3.8, 4) is 6.07 Å². The number of allylic oxidation sites excluding steroid dienone is 1. The molecule has 2 rings (SSSR count). The van der Waals surface area contributed by atoms with E-state index in [1.165, 1.54) is 0 Å². The van der Waals surface area contributed by atoms with Crippen molar-refractivity contribution in [3.63, 3.8) is 0 Å². The standard InChI is InChI=1S/C16H14N2O/c1-2-3-10-18-11-6-9-15(18)16(19)14-8-5-4-7-13(14)12-17/h2,4-9,11H,1,3,10H2. The van der Waals surface area contributed by atoms with Gasteiger partial charge in [0.2, 0.25) is 5.78 Å². The van der Waals surface area contributed by atoms with Gasteiger partial charge in [0.1, 0.15) is 0 Å². The molecule has 0 aliphatic carbocycles. The maximum Gasteiger partial charge on any atom is 0.210 e. The molecule has 0 atom stereocenters. The molecule has 1 heterocycles. The smallest absolute Gasteiger partial charge is 0.210 e. The van der Waals surface area contributed by atoms with Gasteiger partial charge in [0.25, 0.3) is 0 Å². The number of aromatic nitrogens is 1. The second kappa shape index (κ2) is 5.83. The van der Waals surface area contributed by atoms with Crippen molar-refractivity contribution in [2.24, 2.45) is 0 Å². The predicted molar refractivity (Wildman–Crippen MR) is 73.8 cm³/mol. The van der Waals surface area contributed by atoms with E-state index < -0.39 is 0 Å². The van der Waals surface area contributed by atoms with Crippen molar-refractivity contribution in [1.29, 1.82) is 5.26 Å². The van der Waals surface area contributed by atoms with E-state index in [1.807, 2.05) is 22.9 Å². The molecule has 0 bridgehead atoms. The van der Waals surface area contributed by atoms with Gasteiger partial charge in [-0.15, -0.1) is 6.58 Å². The van der Waals surface area contributed by atoms with Gasteiger partial charge in [-0.3, -0.25) is 4.79 Å². The summed E-state index contributed by atoms with van der Waals surface area (Å²) in [6.45, 7) is 4.39. The zero-order chi connectivity index (χ0) is 13.7. The highest BCUT2D eigenvalue weighted by atomic mass is 16.1. The van der Waals surface area contributed by atoms with E-state index in [1.54, 1.807) is 30.3 Å². The summed E-state index contributed by atoms with van der Waals surface area (Å²) in [6, 6.07) is 12.5. The fourth-order valence-corrected chi connectivity index (χ4v) is 1.96. The monoisotopic (exact) mass is 250 g/mol. The molecule has 0 amide bonds. The van der Waals surface area contributed by atoms with Crippen LogP contribution in [0.5, 0.6) is 0 Å². The average Bonchev–Trinajstić information content (AvgIpc) is 2.92. The summed E-state index contributed by atoms with van der Waals surface area (Å²) in [7, 11) is 0. The predicted octanol–water partition coefficient (Wildman–Crippen LogP) is 3.17. The minimum atomic E-state index is -0.119. The minimum absolute atomic E-state index is 0.119. The fraction of sp³-hybridized carbons (Fsp3) is 0.125. The Morgan fingerprint density at radius 1 is 1.32 bits per heavy atom. The van der Waals surface area contributed by atoms with E-state index in [0.29, 0.717) is 23.4 Å². The summed E-state index contributed by atoms with van der Waals surface area (Å²) < 4.78 is 1.89. The van der Waals surface area contributed by atoms with Crippen molar-refractivity contribution in [3.05, 3.63) is 72.1 Å². The Balaban J connectivity index is 2.37. The first-order valence-corrected chi connectivity index (χ1v) is 6.07. The Labute approximate surface area is 112 Å². The molecule has 0 radical (unpaired) electrons. The number of hydrogen-bond acceptors (Lipinski definition) is 2. The van der Waals surface area contributed by atoms with Gasteiger partial charge < -0.3 is 4.57 Å². The van der Waals surface area contributed by atoms with Gasteiger partial charge in [0.05, 0.1) is 17.3 Å². The summed E-state index contributed by atoms with van der Waals surface area (Å²) >= 11 is 0. The number of ketones is 1. The molecule has 3 heteroatoms. The molecule has 0 aliphatic heterocycles. The van der Waals surface area contributed by atoms with Crippen molar-refractivity contribution >= 4 is 5.78 Å². The summed E-state index contributed by atoms with van der Waals surface area (Å²) in [5.74, 6) is -0.119. The number of benzene rings is 1. The molecule has 0 saturated carbocycles. The Morgan fingerprint density at radius 2 is 2.11 bits per heavy atom. The molecule has 2 aromatic rings. The third kappa shape index (κ3) is 2.63. The van der Waals surface area contributed by atoms with E-state index in [4.69, 9.17) is 5.26 Å². The van der Waals surface area contributed by atoms with Crippen molar-refractivity contribution in [2.45, 2.75) is 13.0 Å². The quantitative estimate of drug-likeness (QED) is 0.604. The maximum atomic E-state index is 12.5. The van der Waals surface area contributed by atoms with Crippen LogP contribution in [0.2, 0.25) is 0 Å². The number of rotatable bonds is 5. The Hall–Kier alpha value is -2.60. The van der Waals surface area contributed by atoms with Crippen LogP contribution in [-0.4, -0.2) is 10.4 Å². The first-order chi connectivity index (χ1) is 9.27. The number of aryl methyl sites for hydroxylation is 1. The van der Waals surface area contributed by atoms with Gasteiger partial charge in [0.15, 0.2) is 0 Å². The lowest BCUT2D eigenvalue weighted by Crippen LogP contribution is -2.11. The second-order valence-electron chi connectivity index (χ2n) is 4.15. The van der Waals surface area contributed by atoms with Crippen LogP contribution in [0.15, 0.2) is 55.3 Å². The largest absolute Gasteiger partial charge is 0.345 e. The third-order valence-electron chi connectivity index (χ3n) is 2.93. The highest BCUT2D eigenvalue weighted by molar-refractivity contribution is 6.09. The van der Waals surface area contributed by atoms with E-state index in [0.717, 1.165) is 6.42 Å². The maximum absolute atomic E-state index is 12.5. The van der Waals surface area contributed by atoms with Gasteiger partial charge >= 0.3 is 0 Å². The zero-order valence-electron chi connectivity index (χ0n) is 10.5. The average molecular weight is 250 g/mol. The Morgan fingerprint density at radius 3 is 2.84 bits per heavy atom. The molecule has 1 aromatic carbocycles. The highest BCUT2D eigenvalue weighted by Gasteiger charge is 2.16. The number of nitrogens with zero attached hydrogens (tertiary/aromatic N) is 2. The van der Waals surface area contributed by atoms with Crippen LogP contribution in [0.1, 0.15) is 28.0 Å². The van der Waals surface area contributed by atoms with Gasteiger partial charge in [-0.25, -0.2) is 0 Å². The molecular weight excluding hydrogens is 236 g/mol. The van der Waals surface area contributed by atoms with Crippen molar-refractivity contribution in [2.75, 3.05) is 0 Å². The summed E-state index contributed by atoms with van der Waals surface area (Å²) in [4.78, 5) is 12.5. The lowest BCUT2D eigenvalue weighted by atomic mass is 10.0. The van der Waals surface area contributed by atoms with Crippen LogP contribution in [0.4, 0.5) is 0 Å². The lowest BCUT2D eigenvalue weighted by Gasteiger charge is -2.08. The number of hydrogen-bond donors (Lipinski definition) is 0. The normalized spacial score (nSPS) is 9.84. The zero-order valence-corrected chi connectivity index (χ0v) is 10.5. The molecular formula is C16H14N2O. The first kappa shape index (κ1) is 12.8. The molecule has 0 saturated heterocycles. The van der Waals surface area contributed by atoms with E-state index in [2.05, 4.69) is 12.6 Å². The molecule has 0 fully saturated rings. The molecule has 0 spiro atoms. The number of nitriles is 1. The third-order valence-corrected chi connectivity index (χ3v) is 2.93. The van der Waals surface area contributed by atoms with Gasteiger partial charge in [-0.05, 0) is 30.7 Å². The van der Waals surface area contributed by atoms with Crippen LogP contribution < -0.4 is 0 Å². The Kier molecular flexibility index (Phi) is 3.94. The summed E-state index contributed by atoms with van der Waals surface area (Å²) in [5.41, 5.74) is 1.46. The number of carbonyl (C=O) groups excluding carboxylic acids is 1. The summed E-state index contributed by atoms with van der Waals surface area (Å²) in [5, 5.41) is 9.05. The van der Waals surface area contributed by atoms with Gasteiger partial charge in [-0.2, -0.15) is 5.26 Å². The first-order valence-electron chi connectivity index (χ1n) is 6.07. The molecule has 19 heavy (non-hydrogen) atoms. The van der Waals surface area contributed by atoms with Gasteiger partial charge in [0, 0.05) is 18.3 Å². The molecule has 1 aromatic heterocycles. The molecule has 3 nitrogen and oxygen atoms in total. The second-order valence-corrected chi connectivity index (χ2v) is 4.15. The lowest BCUT2D eigenvalue weighted by molar-refractivity contribution is 0.103. The van der Waals surface area contributed by atoms with E-state index in [-0.39, 0.29) is 5.78 Å².